The molecule has 6 aromatic carbocycles. The number of aryl methyl sites for hydroxylation is 4. The molecular formula is C36H37HfP-2. The van der Waals surface area contributed by atoms with Gasteiger partial charge in [0.15, 0.2) is 0 Å². The molecule has 192 valence electrons. The normalized spacial score (nSPS) is 10.3. The van der Waals surface area contributed by atoms with Crippen molar-refractivity contribution in [2.75, 3.05) is 13.3 Å². The molecular weight excluding hydrogens is 642 g/mol. The molecule has 0 spiro atoms. The molecule has 0 aromatic heterocycles. The van der Waals surface area contributed by atoms with Crippen LogP contribution in [-0.4, -0.2) is 13.3 Å². The van der Waals surface area contributed by atoms with E-state index in [0.717, 1.165) is 12.8 Å². The average Bonchev–Trinajstić information content (AvgIpc) is 3.60. The minimum absolute atomic E-state index is 0. The van der Waals surface area contributed by atoms with E-state index in [0.29, 0.717) is 0 Å². The Kier molecular flexibility index (Phi) is 11.9. The smallest absolute Gasteiger partial charge is 0 e. The van der Waals surface area contributed by atoms with Gasteiger partial charge in [-0.3, -0.25) is 0 Å². The number of benzene rings is 4. The predicted octanol–water partition coefficient (Wildman–Crippen LogP) is 9.57. The van der Waals surface area contributed by atoms with Gasteiger partial charge in [-0.2, -0.15) is 18.2 Å². The van der Waals surface area contributed by atoms with Crippen LogP contribution < -0.4 is 5.30 Å². The van der Waals surface area contributed by atoms with Gasteiger partial charge in [-0.1, -0.05) is 85.3 Å². The zero-order valence-corrected chi connectivity index (χ0v) is 27.5. The van der Waals surface area contributed by atoms with Crippen LogP contribution in [0.25, 0.3) is 21.5 Å². The third-order valence-electron chi connectivity index (χ3n) is 6.76. The molecule has 0 unspecified atom stereocenters. The third kappa shape index (κ3) is 8.45. The molecule has 0 bridgehead atoms. The second-order valence-corrected chi connectivity index (χ2v) is 12.1. The van der Waals surface area contributed by atoms with E-state index >= 15 is 0 Å². The number of fused-ring (bicyclic) bond motifs is 2. The Hall–Kier alpha value is -2.60. The Morgan fingerprint density at radius 2 is 1.18 bits per heavy atom. The third-order valence-corrected chi connectivity index (χ3v) is 8.05. The Bertz CT molecular complexity index is 1400. The molecule has 38 heavy (non-hydrogen) atoms. The first-order valence-electron chi connectivity index (χ1n) is 13.0. The molecule has 0 saturated carbocycles. The van der Waals surface area contributed by atoms with Crippen LogP contribution in [0.15, 0.2) is 127 Å². The van der Waals surface area contributed by atoms with Crippen LogP contribution >= 0.6 is 7.92 Å². The first-order chi connectivity index (χ1) is 18.0. The summed E-state index contributed by atoms with van der Waals surface area (Å²) in [4.78, 5) is 0. The van der Waals surface area contributed by atoms with Crippen molar-refractivity contribution in [2.24, 2.45) is 0 Å². The van der Waals surface area contributed by atoms with E-state index in [1.807, 2.05) is 0 Å². The van der Waals surface area contributed by atoms with Gasteiger partial charge in [0.2, 0.25) is 0 Å². The fraction of sp³-hybridized carbons (Fsp3) is 0.167. The fourth-order valence-electron chi connectivity index (χ4n) is 4.51. The Balaban J connectivity index is 0.000000157. The van der Waals surface area contributed by atoms with E-state index in [4.69, 9.17) is 0 Å². The van der Waals surface area contributed by atoms with Crippen LogP contribution in [-0.2, 0) is 38.7 Å². The van der Waals surface area contributed by atoms with Gasteiger partial charge < -0.3 is 0 Å². The number of hydrogen-bond donors (Lipinski definition) is 0. The second-order valence-electron chi connectivity index (χ2n) is 9.76. The quantitative estimate of drug-likeness (QED) is 0.0990. The van der Waals surface area contributed by atoms with Gasteiger partial charge in [0.1, 0.15) is 0 Å². The number of rotatable bonds is 4. The summed E-state index contributed by atoms with van der Waals surface area (Å²) in [6, 6.07) is 45.2. The first kappa shape index (κ1) is 29.9. The maximum Gasteiger partial charge on any atom is 0 e. The van der Waals surface area contributed by atoms with Gasteiger partial charge in [-0.25, -0.2) is 0 Å². The molecule has 0 aliphatic carbocycles. The molecule has 0 radical (unpaired) electrons. The molecule has 0 nitrogen and oxygen atoms in total. The van der Waals surface area contributed by atoms with Gasteiger partial charge >= 0.3 is 0 Å². The SMILES string of the molecule is CP(C)c1cc2ccccc2[cH-]1.Cc1ccc(C)c2[cH-]ccc12.[Hf].c1ccc(CCc2ccccc2)cc1. The maximum absolute atomic E-state index is 2.31. The van der Waals surface area contributed by atoms with E-state index in [1.165, 1.54) is 49.1 Å². The molecule has 0 N–H and O–H groups in total. The van der Waals surface area contributed by atoms with Crippen molar-refractivity contribution < 1.29 is 25.8 Å². The zero-order chi connectivity index (χ0) is 26.0. The van der Waals surface area contributed by atoms with E-state index in [9.17, 15) is 0 Å². The Morgan fingerprint density at radius 3 is 1.74 bits per heavy atom. The molecule has 2 heteroatoms. The van der Waals surface area contributed by atoms with Crippen molar-refractivity contribution in [2.45, 2.75) is 26.7 Å². The van der Waals surface area contributed by atoms with Gasteiger partial charge in [-0.15, -0.1) is 76.7 Å². The summed E-state index contributed by atoms with van der Waals surface area (Å²) in [5.41, 5.74) is 5.57. The monoisotopic (exact) mass is 680 g/mol. The molecule has 6 aromatic rings. The average molecular weight is 679 g/mol. The molecule has 0 aliphatic rings. The van der Waals surface area contributed by atoms with Gasteiger partial charge in [0.05, 0.1) is 0 Å². The minimum atomic E-state index is 0. The van der Waals surface area contributed by atoms with Crippen LogP contribution in [0.4, 0.5) is 0 Å². The van der Waals surface area contributed by atoms with Gasteiger partial charge in [0, 0.05) is 25.8 Å². The van der Waals surface area contributed by atoms with Crippen molar-refractivity contribution in [3.8, 4) is 0 Å². The topological polar surface area (TPSA) is 0 Å². The summed E-state index contributed by atoms with van der Waals surface area (Å²) in [6.07, 6.45) is 2.26. The molecule has 0 amide bonds. The standard InChI is InChI=1S/C14H14.C11H12P.C11H11.Hf/c1-3-7-13(8-4-1)11-12-14-9-5-2-6-10-14;1-12(2)11-7-9-5-3-4-6-10(9)8-11;1-8-6-7-9(2)11-5-3-4-10(8)11;/h1-10H,11-12H2;3-8H,1-2H3;3-7H,1-2H3;/q;2*-1;. The van der Waals surface area contributed by atoms with Crippen molar-refractivity contribution in [1.82, 2.24) is 0 Å². The van der Waals surface area contributed by atoms with Crippen LogP contribution in [0, 0.1) is 13.8 Å². The van der Waals surface area contributed by atoms with Gasteiger partial charge in [-0.05, 0) is 44.2 Å². The molecule has 0 atom stereocenters. The summed E-state index contributed by atoms with van der Waals surface area (Å²) < 4.78 is 0. The summed E-state index contributed by atoms with van der Waals surface area (Å²) in [5.74, 6) is 0. The van der Waals surface area contributed by atoms with E-state index in [-0.39, 0.29) is 33.8 Å². The van der Waals surface area contributed by atoms with Gasteiger partial charge in [0.25, 0.3) is 0 Å². The fourth-order valence-corrected chi connectivity index (χ4v) is 5.30. The predicted molar refractivity (Wildman–Crippen MR) is 167 cm³/mol. The van der Waals surface area contributed by atoms with Crippen molar-refractivity contribution in [1.29, 1.82) is 0 Å². The van der Waals surface area contributed by atoms with E-state index in [1.54, 1.807) is 0 Å². The molecule has 0 aliphatic heterocycles. The van der Waals surface area contributed by atoms with Crippen LogP contribution in [0.3, 0.4) is 0 Å². The largest absolute Gasteiger partial charge is 0.168 e. The zero-order valence-electron chi connectivity index (χ0n) is 23.0. The minimum Gasteiger partial charge on any atom is -0.168 e. The van der Waals surface area contributed by atoms with Crippen LogP contribution in [0.1, 0.15) is 22.3 Å². The summed E-state index contributed by atoms with van der Waals surface area (Å²) in [6.45, 7) is 8.90. The molecule has 0 fully saturated rings. The van der Waals surface area contributed by atoms with Crippen molar-refractivity contribution in [3.63, 3.8) is 0 Å². The van der Waals surface area contributed by atoms with E-state index in [2.05, 4.69) is 155 Å². The van der Waals surface area contributed by atoms with Crippen molar-refractivity contribution >= 4 is 34.8 Å². The number of hydrogen-bond acceptors (Lipinski definition) is 0. The Labute approximate surface area is 249 Å². The molecule has 0 saturated heterocycles. The van der Waals surface area contributed by atoms with Crippen LogP contribution in [0.5, 0.6) is 0 Å². The first-order valence-corrected chi connectivity index (χ1v) is 15.3. The van der Waals surface area contributed by atoms with Crippen molar-refractivity contribution in [3.05, 3.63) is 150 Å². The summed E-state index contributed by atoms with van der Waals surface area (Å²) >= 11 is 0. The summed E-state index contributed by atoms with van der Waals surface area (Å²) in [5, 5.41) is 7.05. The second kappa shape index (κ2) is 15.1. The Morgan fingerprint density at radius 1 is 0.632 bits per heavy atom. The molecule has 6 rings (SSSR count). The maximum atomic E-state index is 2.31. The van der Waals surface area contributed by atoms with E-state index < -0.39 is 0 Å². The summed E-state index contributed by atoms with van der Waals surface area (Å²) in [7, 11) is 0.0576. The molecule has 0 heterocycles. The van der Waals surface area contributed by atoms with Crippen LogP contribution in [0.2, 0.25) is 0 Å².